The van der Waals surface area contributed by atoms with Gasteiger partial charge in [-0.05, 0) is 25.1 Å². The number of rotatable bonds is 1. The highest BCUT2D eigenvalue weighted by atomic mass is 19.4. The third-order valence-corrected chi connectivity index (χ3v) is 4.11. The highest BCUT2D eigenvalue weighted by Gasteiger charge is 2.55. The number of halogens is 6. The zero-order valence-corrected chi connectivity index (χ0v) is 14.0. The van der Waals surface area contributed by atoms with Gasteiger partial charge >= 0.3 is 12.4 Å². The molecule has 28 heavy (non-hydrogen) atoms. The van der Waals surface area contributed by atoms with Crippen molar-refractivity contribution in [3.63, 3.8) is 0 Å². The first kappa shape index (κ1) is 21.2. The molecule has 0 fully saturated rings. The average Bonchev–Trinajstić information content (AvgIpc) is 3.01. The second-order valence-corrected chi connectivity index (χ2v) is 6.05. The first-order valence-corrected chi connectivity index (χ1v) is 7.36. The fraction of sp³-hybridized carbons (Fsp3) is 0.333. The Hall–Kier alpha value is -3.14. The Balaban J connectivity index is 0.00000280. The molecule has 0 aromatic heterocycles. The number of nitrogens with two attached hydrogens (primary N) is 1. The molecular formula is C15H12F6N6O. The molecular weight excluding hydrogens is 394 g/mol. The number of hydrogen-bond donors (Lipinski definition) is 1. The lowest BCUT2D eigenvalue weighted by molar-refractivity contribution is -0.137. The van der Waals surface area contributed by atoms with Gasteiger partial charge in [0.2, 0.25) is 5.96 Å². The fourth-order valence-electron chi connectivity index (χ4n) is 2.78. The zero-order valence-electron chi connectivity index (χ0n) is 14.0. The van der Waals surface area contributed by atoms with Crippen LogP contribution < -0.4 is 5.73 Å². The lowest BCUT2D eigenvalue weighted by Crippen LogP contribution is -2.45. The third-order valence-electron chi connectivity index (χ3n) is 4.11. The molecule has 3 rings (SSSR count). The van der Waals surface area contributed by atoms with Gasteiger partial charge in [0.1, 0.15) is 11.3 Å². The Bertz CT molecular complexity index is 942. The van der Waals surface area contributed by atoms with Crippen molar-refractivity contribution in [3.05, 3.63) is 29.3 Å². The summed E-state index contributed by atoms with van der Waals surface area (Å²) in [6, 6.07) is 4.12. The van der Waals surface area contributed by atoms with Gasteiger partial charge in [-0.2, -0.15) is 41.7 Å². The summed E-state index contributed by atoms with van der Waals surface area (Å²) in [6.07, 6.45) is -10.1. The minimum Gasteiger partial charge on any atom is -0.412 e. The van der Waals surface area contributed by atoms with Gasteiger partial charge in [0.05, 0.1) is 22.9 Å². The number of hydrogen-bond acceptors (Lipinski definition) is 5. The SMILES string of the molecule is C[C@]12CC(C(F)(F)F)=NN1C(N)=NC2=Nc1ccc(C#N)c(C(F)(F)F)c1.O. The third kappa shape index (κ3) is 3.38. The van der Waals surface area contributed by atoms with Crippen LogP contribution in [0.2, 0.25) is 0 Å². The molecule has 1 aromatic carbocycles. The van der Waals surface area contributed by atoms with Gasteiger partial charge in [-0.15, -0.1) is 0 Å². The van der Waals surface area contributed by atoms with Crippen LogP contribution >= 0.6 is 0 Å². The summed E-state index contributed by atoms with van der Waals surface area (Å²) in [4.78, 5) is 7.79. The number of alkyl halides is 6. The fourth-order valence-corrected chi connectivity index (χ4v) is 2.78. The van der Waals surface area contributed by atoms with E-state index in [1.165, 1.54) is 13.0 Å². The number of fused-ring (bicyclic) bond motifs is 1. The Morgan fingerprint density at radius 2 is 1.86 bits per heavy atom. The van der Waals surface area contributed by atoms with E-state index in [1.807, 2.05) is 0 Å². The predicted octanol–water partition coefficient (Wildman–Crippen LogP) is 2.49. The highest BCUT2D eigenvalue weighted by molar-refractivity contribution is 6.13. The minimum absolute atomic E-state index is 0. The molecule has 0 aliphatic carbocycles. The van der Waals surface area contributed by atoms with Gasteiger partial charge in [-0.3, -0.25) is 0 Å². The van der Waals surface area contributed by atoms with Crippen molar-refractivity contribution in [2.24, 2.45) is 20.8 Å². The number of aliphatic imine (C=N–C) groups is 2. The van der Waals surface area contributed by atoms with Gasteiger partial charge in [-0.25, -0.2) is 10.0 Å². The van der Waals surface area contributed by atoms with Crippen molar-refractivity contribution in [1.29, 1.82) is 5.26 Å². The molecule has 2 heterocycles. The largest absolute Gasteiger partial charge is 0.431 e. The van der Waals surface area contributed by atoms with E-state index >= 15 is 0 Å². The molecule has 7 nitrogen and oxygen atoms in total. The van der Waals surface area contributed by atoms with Gasteiger partial charge in [0.15, 0.2) is 5.84 Å². The van der Waals surface area contributed by atoms with E-state index in [0.29, 0.717) is 6.07 Å². The lowest BCUT2D eigenvalue weighted by atomic mass is 9.95. The Labute approximate surface area is 153 Å². The molecule has 13 heteroatoms. The van der Waals surface area contributed by atoms with Gasteiger partial charge in [0, 0.05) is 6.42 Å². The smallest absolute Gasteiger partial charge is 0.412 e. The van der Waals surface area contributed by atoms with Crippen molar-refractivity contribution in [2.75, 3.05) is 0 Å². The first-order valence-electron chi connectivity index (χ1n) is 7.36. The summed E-state index contributed by atoms with van der Waals surface area (Å²) in [5, 5.41) is 13.1. The summed E-state index contributed by atoms with van der Waals surface area (Å²) in [6.45, 7) is 1.35. The van der Waals surface area contributed by atoms with Gasteiger partial charge < -0.3 is 11.2 Å². The van der Waals surface area contributed by atoms with E-state index in [2.05, 4.69) is 15.1 Å². The Kier molecular flexibility index (Phi) is 4.90. The van der Waals surface area contributed by atoms with Gasteiger partial charge in [0.25, 0.3) is 0 Å². The van der Waals surface area contributed by atoms with Crippen LogP contribution in [-0.4, -0.2) is 39.7 Å². The van der Waals surface area contributed by atoms with Crippen LogP contribution in [0.25, 0.3) is 0 Å². The molecule has 0 radical (unpaired) electrons. The molecule has 2 aliphatic heterocycles. The normalized spacial score (nSPS) is 23.1. The molecule has 0 unspecified atom stereocenters. The summed E-state index contributed by atoms with van der Waals surface area (Å²) in [7, 11) is 0. The molecule has 0 spiro atoms. The summed E-state index contributed by atoms with van der Waals surface area (Å²) < 4.78 is 78.1. The monoisotopic (exact) mass is 406 g/mol. The Morgan fingerprint density at radius 1 is 1.21 bits per heavy atom. The number of nitrogens with zero attached hydrogens (tertiary/aromatic N) is 5. The van der Waals surface area contributed by atoms with E-state index in [4.69, 9.17) is 11.0 Å². The molecule has 0 saturated carbocycles. The molecule has 2 aliphatic rings. The van der Waals surface area contributed by atoms with E-state index in [-0.39, 0.29) is 23.0 Å². The number of hydrazone groups is 1. The van der Waals surface area contributed by atoms with Crippen LogP contribution in [0.3, 0.4) is 0 Å². The standard InChI is InChI=1S/C15H10F6N6.H2O/c1-13-5-10(15(19,20)21)26-27(13)12(23)25-11(13)24-8-3-2-7(6-22)9(4-8)14(16,17)18;/h2-4H,5H2,1H3,(H2,23,24,25);1H2/t13-;/m1./s1. The topological polar surface area (TPSA) is 122 Å². The van der Waals surface area contributed by atoms with Crippen LogP contribution in [0.1, 0.15) is 24.5 Å². The van der Waals surface area contributed by atoms with Crippen LogP contribution in [0, 0.1) is 11.3 Å². The molecule has 1 aromatic rings. The number of benzene rings is 1. The lowest BCUT2D eigenvalue weighted by Gasteiger charge is -2.25. The van der Waals surface area contributed by atoms with Crippen molar-refractivity contribution < 1.29 is 31.8 Å². The number of nitriles is 1. The summed E-state index contributed by atoms with van der Waals surface area (Å²) in [5.74, 6) is -0.555. The quantitative estimate of drug-likeness (QED) is 0.721. The minimum atomic E-state index is -4.80. The maximum Gasteiger partial charge on any atom is 0.431 e. The van der Waals surface area contributed by atoms with Crippen molar-refractivity contribution in [1.82, 2.24) is 5.01 Å². The van der Waals surface area contributed by atoms with E-state index in [1.54, 1.807) is 0 Å². The van der Waals surface area contributed by atoms with Crippen LogP contribution in [0.5, 0.6) is 0 Å². The van der Waals surface area contributed by atoms with E-state index in [0.717, 1.165) is 17.1 Å². The second kappa shape index (κ2) is 6.48. The molecule has 0 saturated heterocycles. The first-order chi connectivity index (χ1) is 12.4. The van der Waals surface area contributed by atoms with Gasteiger partial charge in [-0.1, -0.05) is 0 Å². The second-order valence-electron chi connectivity index (χ2n) is 6.05. The summed E-state index contributed by atoms with van der Waals surface area (Å²) in [5.41, 5.74) is 1.00. The molecule has 4 N–H and O–H groups in total. The summed E-state index contributed by atoms with van der Waals surface area (Å²) >= 11 is 0. The maximum atomic E-state index is 13.1. The van der Waals surface area contributed by atoms with Crippen LogP contribution in [-0.2, 0) is 6.18 Å². The van der Waals surface area contributed by atoms with Crippen molar-refractivity contribution in [3.8, 4) is 6.07 Å². The molecule has 150 valence electrons. The maximum absolute atomic E-state index is 13.1. The van der Waals surface area contributed by atoms with Crippen LogP contribution in [0.4, 0.5) is 32.0 Å². The molecule has 0 amide bonds. The molecule has 0 bridgehead atoms. The highest BCUT2D eigenvalue weighted by Crippen LogP contribution is 2.40. The molecule has 1 atom stereocenters. The van der Waals surface area contributed by atoms with Crippen molar-refractivity contribution >= 4 is 23.2 Å². The van der Waals surface area contributed by atoms with E-state index in [9.17, 15) is 26.3 Å². The number of amidine groups is 1. The van der Waals surface area contributed by atoms with Crippen molar-refractivity contribution in [2.45, 2.75) is 31.2 Å². The number of guanidine groups is 1. The predicted molar refractivity (Wildman–Crippen MR) is 86.8 cm³/mol. The zero-order chi connectivity index (χ0) is 20.2. The van der Waals surface area contributed by atoms with Crippen LogP contribution in [0.15, 0.2) is 33.3 Å². The van der Waals surface area contributed by atoms with E-state index < -0.39 is 41.2 Å². The average molecular weight is 406 g/mol. The Morgan fingerprint density at radius 3 is 2.39 bits per heavy atom.